The lowest BCUT2D eigenvalue weighted by Crippen LogP contribution is -1.89. The first kappa shape index (κ1) is 21.4. The predicted octanol–water partition coefficient (Wildman–Crippen LogP) is 10.3. The second-order valence-electron chi connectivity index (χ2n) is 8.83. The van der Waals surface area contributed by atoms with E-state index in [9.17, 15) is 0 Å². The highest BCUT2D eigenvalue weighted by atomic mass is 32.1. The summed E-state index contributed by atoms with van der Waals surface area (Å²) in [6.07, 6.45) is 3.54. The Morgan fingerprint density at radius 2 is 1.23 bits per heavy atom. The first-order valence-corrected chi connectivity index (χ1v) is 14.4. The minimum atomic E-state index is 0.692. The Labute approximate surface area is 201 Å². The molecule has 4 heterocycles. The normalized spacial score (nSPS) is 12.1. The van der Waals surface area contributed by atoms with Crippen molar-refractivity contribution in [3.8, 4) is 20.9 Å². The van der Waals surface area contributed by atoms with Crippen LogP contribution in [0.25, 0.3) is 41.1 Å². The molecule has 5 rings (SSSR count). The Hall–Kier alpha value is -1.46. The first-order chi connectivity index (χ1) is 14.9. The van der Waals surface area contributed by atoms with Gasteiger partial charge in [0.25, 0.3) is 0 Å². The van der Waals surface area contributed by atoms with Gasteiger partial charge in [-0.3, -0.25) is 0 Å². The van der Waals surface area contributed by atoms with Gasteiger partial charge in [0.2, 0.25) is 0 Å². The molecule has 0 saturated heterocycles. The molecular formula is C27H28S4. The summed E-state index contributed by atoms with van der Waals surface area (Å²) in [7, 11) is 0. The van der Waals surface area contributed by atoms with Crippen LogP contribution >= 0.6 is 45.3 Å². The monoisotopic (exact) mass is 480 g/mol. The van der Waals surface area contributed by atoms with Crippen molar-refractivity contribution in [2.24, 2.45) is 5.92 Å². The fourth-order valence-corrected chi connectivity index (χ4v) is 9.20. The van der Waals surface area contributed by atoms with Crippen LogP contribution in [0.2, 0.25) is 0 Å². The Morgan fingerprint density at radius 3 is 1.74 bits per heavy atom. The molecule has 0 spiro atoms. The average Bonchev–Trinajstić information content (AvgIpc) is 3.47. The number of thiophene rings is 4. The van der Waals surface area contributed by atoms with Crippen LogP contribution in [0.3, 0.4) is 0 Å². The largest absolute Gasteiger partial charge is 0.140 e. The molecule has 0 aliphatic carbocycles. The third-order valence-electron chi connectivity index (χ3n) is 5.63. The van der Waals surface area contributed by atoms with E-state index in [1.807, 2.05) is 45.3 Å². The molecule has 0 radical (unpaired) electrons. The van der Waals surface area contributed by atoms with Gasteiger partial charge in [-0.25, -0.2) is 0 Å². The molecule has 0 N–H and O–H groups in total. The second kappa shape index (κ2) is 8.47. The summed E-state index contributed by atoms with van der Waals surface area (Å²) in [4.78, 5) is 8.65. The standard InChI is InChI=1S/C27H28S4/c1-6-7-18-8-10-22(30-18)24-20-13-16(4)29-27(20)25(21-14-17(5)28-26(21)24)23-11-9-19(31-23)12-15(2)3/h8-11,13-15H,6-7,12H2,1-5H3. The van der Waals surface area contributed by atoms with Gasteiger partial charge in [0.15, 0.2) is 0 Å². The van der Waals surface area contributed by atoms with Crippen LogP contribution in [-0.2, 0) is 12.8 Å². The number of hydrogen-bond acceptors (Lipinski definition) is 4. The summed E-state index contributed by atoms with van der Waals surface area (Å²) in [6, 6.07) is 14.3. The van der Waals surface area contributed by atoms with Crippen LogP contribution in [0.1, 0.15) is 46.7 Å². The number of hydrogen-bond donors (Lipinski definition) is 0. The van der Waals surface area contributed by atoms with Crippen LogP contribution in [0, 0.1) is 19.8 Å². The summed E-state index contributed by atoms with van der Waals surface area (Å²) in [5, 5.41) is 2.88. The third kappa shape index (κ3) is 3.93. The maximum absolute atomic E-state index is 2.43. The fourth-order valence-electron chi connectivity index (χ4n) is 4.42. The molecule has 0 saturated carbocycles. The molecule has 0 unspecified atom stereocenters. The van der Waals surface area contributed by atoms with Crippen molar-refractivity contribution in [1.82, 2.24) is 0 Å². The van der Waals surface area contributed by atoms with Gasteiger partial charge in [-0.2, -0.15) is 0 Å². The molecular weight excluding hydrogens is 453 g/mol. The lowest BCUT2D eigenvalue weighted by Gasteiger charge is -2.10. The van der Waals surface area contributed by atoms with E-state index in [1.165, 1.54) is 73.4 Å². The van der Waals surface area contributed by atoms with Crippen molar-refractivity contribution >= 4 is 65.5 Å². The maximum atomic E-state index is 2.43. The Morgan fingerprint density at radius 1 is 0.710 bits per heavy atom. The zero-order chi connectivity index (χ0) is 21.7. The molecule has 0 nitrogen and oxygen atoms in total. The summed E-state index contributed by atoms with van der Waals surface area (Å²) < 4.78 is 2.92. The average molecular weight is 481 g/mol. The zero-order valence-electron chi connectivity index (χ0n) is 18.8. The van der Waals surface area contributed by atoms with E-state index in [2.05, 4.69) is 71.0 Å². The van der Waals surface area contributed by atoms with Gasteiger partial charge in [0.05, 0.1) is 0 Å². The number of aryl methyl sites for hydroxylation is 3. The second-order valence-corrected chi connectivity index (χ2v) is 13.7. The van der Waals surface area contributed by atoms with Crippen LogP contribution in [-0.4, -0.2) is 0 Å². The van der Waals surface area contributed by atoms with Crippen LogP contribution in [0.15, 0.2) is 36.4 Å². The molecule has 160 valence electrons. The molecule has 4 heteroatoms. The minimum Gasteiger partial charge on any atom is -0.140 e. The Balaban J connectivity index is 1.80. The Kier molecular flexibility index (Phi) is 5.85. The highest BCUT2D eigenvalue weighted by Gasteiger charge is 2.22. The summed E-state index contributed by atoms with van der Waals surface area (Å²) in [5.74, 6) is 0.692. The summed E-state index contributed by atoms with van der Waals surface area (Å²) in [6.45, 7) is 11.4. The van der Waals surface area contributed by atoms with Gasteiger partial charge >= 0.3 is 0 Å². The van der Waals surface area contributed by atoms with Crippen molar-refractivity contribution in [1.29, 1.82) is 0 Å². The van der Waals surface area contributed by atoms with Gasteiger partial charge in [-0.1, -0.05) is 27.2 Å². The topological polar surface area (TPSA) is 0 Å². The first-order valence-electron chi connectivity index (χ1n) is 11.1. The molecule has 0 bridgehead atoms. The molecule has 1 aromatic carbocycles. The molecule has 31 heavy (non-hydrogen) atoms. The van der Waals surface area contributed by atoms with E-state index in [-0.39, 0.29) is 0 Å². The predicted molar refractivity (Wildman–Crippen MR) is 146 cm³/mol. The van der Waals surface area contributed by atoms with Crippen molar-refractivity contribution in [3.05, 3.63) is 55.9 Å². The SMILES string of the molecule is CCCc1ccc(-c2c3cc(C)sc3c(-c3ccc(CC(C)C)s3)c3cc(C)sc23)s1. The molecule has 0 amide bonds. The smallest absolute Gasteiger partial charge is 0.0445 e. The van der Waals surface area contributed by atoms with Crippen molar-refractivity contribution in [2.75, 3.05) is 0 Å². The van der Waals surface area contributed by atoms with E-state index < -0.39 is 0 Å². The summed E-state index contributed by atoms with van der Waals surface area (Å²) in [5.41, 5.74) is 2.92. The van der Waals surface area contributed by atoms with Gasteiger partial charge in [-0.05, 0) is 69.0 Å². The maximum Gasteiger partial charge on any atom is 0.0445 e. The molecule has 0 fully saturated rings. The van der Waals surface area contributed by atoms with Crippen molar-refractivity contribution in [3.63, 3.8) is 0 Å². The molecule has 0 atom stereocenters. The van der Waals surface area contributed by atoms with Gasteiger partial charge in [0.1, 0.15) is 0 Å². The lowest BCUT2D eigenvalue weighted by atomic mass is 10.00. The Bertz CT molecular complexity index is 1310. The fraction of sp³-hybridized carbons (Fsp3) is 0.333. The van der Waals surface area contributed by atoms with Crippen molar-refractivity contribution < 1.29 is 0 Å². The van der Waals surface area contributed by atoms with E-state index in [0.717, 1.165) is 6.42 Å². The van der Waals surface area contributed by atoms with Gasteiger partial charge in [0, 0.05) is 60.6 Å². The lowest BCUT2D eigenvalue weighted by molar-refractivity contribution is 0.654. The van der Waals surface area contributed by atoms with Gasteiger partial charge in [-0.15, -0.1) is 45.3 Å². The quantitative estimate of drug-likeness (QED) is 0.227. The van der Waals surface area contributed by atoms with E-state index >= 15 is 0 Å². The van der Waals surface area contributed by atoms with Crippen molar-refractivity contribution in [2.45, 2.75) is 53.9 Å². The number of fused-ring (bicyclic) bond motifs is 2. The van der Waals surface area contributed by atoms with Crippen LogP contribution in [0.5, 0.6) is 0 Å². The van der Waals surface area contributed by atoms with Gasteiger partial charge < -0.3 is 0 Å². The van der Waals surface area contributed by atoms with Crippen LogP contribution < -0.4 is 0 Å². The van der Waals surface area contributed by atoms with E-state index in [4.69, 9.17) is 0 Å². The van der Waals surface area contributed by atoms with Crippen LogP contribution in [0.4, 0.5) is 0 Å². The van der Waals surface area contributed by atoms with E-state index in [0.29, 0.717) is 5.92 Å². The number of rotatable bonds is 6. The minimum absolute atomic E-state index is 0.692. The summed E-state index contributed by atoms with van der Waals surface area (Å²) >= 11 is 7.90. The highest BCUT2D eigenvalue weighted by molar-refractivity contribution is 7.23. The number of benzene rings is 1. The molecule has 5 aromatic rings. The molecule has 0 aliphatic heterocycles. The highest BCUT2D eigenvalue weighted by Crippen LogP contribution is 2.51. The molecule has 4 aromatic heterocycles. The third-order valence-corrected chi connectivity index (χ3v) is 10.0. The molecule has 0 aliphatic rings. The van der Waals surface area contributed by atoms with E-state index in [1.54, 1.807) is 0 Å². The zero-order valence-corrected chi connectivity index (χ0v) is 22.1.